The molecule has 0 saturated carbocycles. The fraction of sp³-hybridized carbons (Fsp3) is 0.667. The maximum atomic E-state index is 11.0. The molecule has 0 aliphatic carbocycles. The van der Waals surface area contributed by atoms with Crippen molar-refractivity contribution in [2.75, 3.05) is 0 Å². The number of hydrogen-bond donors (Lipinski definition) is 2. The number of aromatic nitrogens is 2. The molecule has 0 fully saturated rings. The predicted molar refractivity (Wildman–Crippen MR) is 58.1 cm³/mol. The maximum absolute atomic E-state index is 11.0. The van der Waals surface area contributed by atoms with Crippen LogP contribution in [-0.2, 0) is 11.0 Å². The van der Waals surface area contributed by atoms with Crippen LogP contribution >= 0.6 is 0 Å². The minimum atomic E-state index is -1.23. The second-order valence-electron chi connectivity index (χ2n) is 3.73. The van der Waals surface area contributed by atoms with Gasteiger partial charge in [-0.25, -0.2) is 4.21 Å². The van der Waals surface area contributed by atoms with E-state index in [0.29, 0.717) is 5.92 Å². The Morgan fingerprint density at radius 2 is 2.29 bits per heavy atom. The van der Waals surface area contributed by atoms with Gasteiger partial charge in [0.25, 0.3) is 0 Å². The van der Waals surface area contributed by atoms with Gasteiger partial charge < -0.3 is 0 Å². The minimum absolute atomic E-state index is 0.0271. The van der Waals surface area contributed by atoms with Crippen molar-refractivity contribution in [3.05, 3.63) is 17.5 Å². The van der Waals surface area contributed by atoms with Crippen LogP contribution in [0, 0.1) is 6.92 Å². The smallest absolute Gasteiger partial charge is 0.0917 e. The van der Waals surface area contributed by atoms with Crippen LogP contribution in [0.2, 0.25) is 0 Å². The van der Waals surface area contributed by atoms with Crippen molar-refractivity contribution in [2.45, 2.75) is 38.4 Å². The van der Waals surface area contributed by atoms with Crippen molar-refractivity contribution < 1.29 is 4.21 Å². The molecule has 0 amide bonds. The molecule has 1 aromatic rings. The Kier molecular flexibility index (Phi) is 3.83. The van der Waals surface area contributed by atoms with Crippen LogP contribution in [0.15, 0.2) is 6.20 Å². The SMILES string of the molecule is Cc1[nH]ncc1[C@@H](C)CC(C)S(N)=O. The van der Waals surface area contributed by atoms with Gasteiger partial charge in [0.2, 0.25) is 0 Å². The summed E-state index contributed by atoms with van der Waals surface area (Å²) in [6.07, 6.45) is 2.65. The van der Waals surface area contributed by atoms with E-state index in [1.807, 2.05) is 20.0 Å². The Labute approximate surface area is 86.9 Å². The zero-order chi connectivity index (χ0) is 10.7. The molecular formula is C9H17N3OS. The van der Waals surface area contributed by atoms with Crippen molar-refractivity contribution in [1.29, 1.82) is 0 Å². The van der Waals surface area contributed by atoms with Gasteiger partial charge in [0.1, 0.15) is 0 Å². The van der Waals surface area contributed by atoms with Gasteiger partial charge in [-0.15, -0.1) is 0 Å². The molecule has 0 aromatic carbocycles. The molecule has 1 heterocycles. The van der Waals surface area contributed by atoms with E-state index in [2.05, 4.69) is 17.1 Å². The van der Waals surface area contributed by atoms with Crippen LogP contribution in [0.25, 0.3) is 0 Å². The molecule has 0 aliphatic heterocycles. The van der Waals surface area contributed by atoms with Crippen LogP contribution in [-0.4, -0.2) is 19.7 Å². The van der Waals surface area contributed by atoms with E-state index in [-0.39, 0.29) is 5.25 Å². The van der Waals surface area contributed by atoms with Gasteiger partial charge in [0.05, 0.1) is 17.2 Å². The molecule has 3 N–H and O–H groups in total. The van der Waals surface area contributed by atoms with E-state index < -0.39 is 11.0 Å². The van der Waals surface area contributed by atoms with Gasteiger partial charge in [-0.1, -0.05) is 6.92 Å². The van der Waals surface area contributed by atoms with Crippen LogP contribution in [0.4, 0.5) is 0 Å². The zero-order valence-electron chi connectivity index (χ0n) is 8.78. The van der Waals surface area contributed by atoms with E-state index >= 15 is 0 Å². The summed E-state index contributed by atoms with van der Waals surface area (Å²) in [5.41, 5.74) is 2.26. The van der Waals surface area contributed by atoms with Crippen LogP contribution in [0.3, 0.4) is 0 Å². The second kappa shape index (κ2) is 4.70. The number of nitrogens with zero attached hydrogens (tertiary/aromatic N) is 1. The first kappa shape index (κ1) is 11.4. The van der Waals surface area contributed by atoms with Gasteiger partial charge in [-0.3, -0.25) is 10.2 Å². The quantitative estimate of drug-likeness (QED) is 0.792. The molecule has 0 bridgehead atoms. The molecule has 0 saturated heterocycles. The molecule has 0 spiro atoms. The number of aromatic amines is 1. The van der Waals surface area contributed by atoms with Gasteiger partial charge in [-0.05, 0) is 31.7 Å². The lowest BCUT2D eigenvalue weighted by molar-refractivity contribution is 0.634. The van der Waals surface area contributed by atoms with Crippen LogP contribution in [0.1, 0.15) is 37.4 Å². The zero-order valence-corrected chi connectivity index (χ0v) is 9.60. The van der Waals surface area contributed by atoms with Crippen LogP contribution in [0.5, 0.6) is 0 Å². The molecule has 0 radical (unpaired) electrons. The summed E-state index contributed by atoms with van der Waals surface area (Å²) in [4.78, 5) is 0. The molecule has 4 nitrogen and oxygen atoms in total. The summed E-state index contributed by atoms with van der Waals surface area (Å²) >= 11 is 0. The Bertz CT molecular complexity index is 324. The highest BCUT2D eigenvalue weighted by Gasteiger charge is 2.16. The summed E-state index contributed by atoms with van der Waals surface area (Å²) in [7, 11) is -1.23. The van der Waals surface area contributed by atoms with E-state index in [1.54, 1.807) is 0 Å². The summed E-state index contributed by atoms with van der Waals surface area (Å²) < 4.78 is 11.0. The summed E-state index contributed by atoms with van der Waals surface area (Å²) in [5.74, 6) is 0.344. The molecule has 1 aromatic heterocycles. The number of aryl methyl sites for hydroxylation is 1. The lowest BCUT2D eigenvalue weighted by Gasteiger charge is -2.14. The van der Waals surface area contributed by atoms with E-state index in [0.717, 1.165) is 12.1 Å². The minimum Gasteiger partial charge on any atom is -0.283 e. The Morgan fingerprint density at radius 3 is 2.71 bits per heavy atom. The lowest BCUT2D eigenvalue weighted by atomic mass is 9.97. The number of nitrogens with one attached hydrogen (secondary N) is 1. The third-order valence-electron chi connectivity index (χ3n) is 2.48. The number of H-pyrrole nitrogens is 1. The largest absolute Gasteiger partial charge is 0.283 e. The number of rotatable bonds is 4. The van der Waals surface area contributed by atoms with Crippen molar-refractivity contribution in [3.8, 4) is 0 Å². The van der Waals surface area contributed by atoms with Crippen molar-refractivity contribution in [3.63, 3.8) is 0 Å². The second-order valence-corrected chi connectivity index (χ2v) is 5.19. The Hall–Kier alpha value is -0.680. The number of nitrogens with two attached hydrogens (primary N) is 1. The summed E-state index contributed by atoms with van der Waals surface area (Å²) in [6, 6.07) is 0. The van der Waals surface area contributed by atoms with Crippen molar-refractivity contribution >= 4 is 11.0 Å². The highest BCUT2D eigenvalue weighted by molar-refractivity contribution is 7.83. The highest BCUT2D eigenvalue weighted by Crippen LogP contribution is 2.23. The van der Waals surface area contributed by atoms with E-state index in [1.165, 1.54) is 5.56 Å². The molecular weight excluding hydrogens is 198 g/mol. The average Bonchev–Trinajstić information content (AvgIpc) is 2.51. The molecule has 80 valence electrons. The number of hydrogen-bond acceptors (Lipinski definition) is 2. The molecule has 14 heavy (non-hydrogen) atoms. The normalized spacial score (nSPS) is 17.7. The topological polar surface area (TPSA) is 71.8 Å². The third-order valence-corrected chi connectivity index (χ3v) is 3.47. The molecule has 0 aliphatic rings. The van der Waals surface area contributed by atoms with Gasteiger partial charge in [0, 0.05) is 10.9 Å². The monoisotopic (exact) mass is 215 g/mol. The average molecular weight is 215 g/mol. The predicted octanol–water partition coefficient (Wildman–Crippen LogP) is 1.22. The first-order chi connectivity index (χ1) is 6.52. The molecule has 2 unspecified atom stereocenters. The first-order valence-corrected chi connectivity index (χ1v) is 5.94. The Morgan fingerprint density at radius 1 is 1.64 bits per heavy atom. The van der Waals surface area contributed by atoms with Crippen molar-refractivity contribution in [1.82, 2.24) is 10.2 Å². The molecule has 1 rings (SSSR count). The standard InChI is InChI=1S/C9H17N3OS/c1-6(4-7(2)14(10)13)9-5-11-12-8(9)3/h5-7H,4,10H2,1-3H3,(H,11,12)/t6-,7?,14?/m0/s1. The first-order valence-electron chi connectivity index (χ1n) is 4.67. The lowest BCUT2D eigenvalue weighted by Crippen LogP contribution is -2.20. The fourth-order valence-electron chi connectivity index (χ4n) is 1.58. The molecule has 5 heteroatoms. The summed E-state index contributed by atoms with van der Waals surface area (Å²) in [5, 5.41) is 12.2. The highest BCUT2D eigenvalue weighted by atomic mass is 32.2. The third kappa shape index (κ3) is 2.65. The van der Waals surface area contributed by atoms with E-state index in [4.69, 9.17) is 5.14 Å². The fourth-order valence-corrected chi connectivity index (χ4v) is 2.05. The van der Waals surface area contributed by atoms with Gasteiger partial charge in [-0.2, -0.15) is 5.10 Å². The van der Waals surface area contributed by atoms with Gasteiger partial charge >= 0.3 is 0 Å². The summed E-state index contributed by atoms with van der Waals surface area (Å²) in [6.45, 7) is 5.99. The van der Waals surface area contributed by atoms with Crippen LogP contribution < -0.4 is 5.14 Å². The Balaban J connectivity index is 2.63. The van der Waals surface area contributed by atoms with Gasteiger partial charge in [0.15, 0.2) is 0 Å². The molecule has 3 atom stereocenters. The van der Waals surface area contributed by atoms with Crippen molar-refractivity contribution in [2.24, 2.45) is 5.14 Å². The maximum Gasteiger partial charge on any atom is 0.0917 e. The van der Waals surface area contributed by atoms with E-state index in [9.17, 15) is 4.21 Å².